The summed E-state index contributed by atoms with van der Waals surface area (Å²) in [5, 5.41) is 4.24. The van der Waals surface area contributed by atoms with Gasteiger partial charge in [0.1, 0.15) is 23.1 Å². The molecule has 0 amide bonds. The first-order valence-electron chi connectivity index (χ1n) is 9.01. The number of ether oxygens (including phenoxy) is 1. The first-order chi connectivity index (χ1) is 13.5. The number of aryl methyl sites for hydroxylation is 1. The lowest BCUT2D eigenvalue weighted by Crippen LogP contribution is -2.09. The minimum Gasteiger partial charge on any atom is -0.496 e. The molecule has 5 nitrogen and oxygen atoms in total. The Bertz CT molecular complexity index is 1040. The van der Waals surface area contributed by atoms with Crippen LogP contribution < -0.4 is 4.74 Å². The van der Waals surface area contributed by atoms with Crippen LogP contribution in [0, 0.1) is 11.6 Å². The zero-order chi connectivity index (χ0) is 19.8. The van der Waals surface area contributed by atoms with Crippen molar-refractivity contribution < 1.29 is 18.3 Å². The molecule has 1 aliphatic rings. The first kappa shape index (κ1) is 18.3. The molecule has 7 heteroatoms. The highest BCUT2D eigenvalue weighted by Crippen LogP contribution is 2.43. The molecule has 0 N–H and O–H groups in total. The lowest BCUT2D eigenvalue weighted by Gasteiger charge is -2.10. The molecule has 1 aromatic carbocycles. The molecule has 0 spiro atoms. The number of ketones is 1. The van der Waals surface area contributed by atoms with E-state index in [4.69, 9.17) is 4.74 Å². The monoisotopic (exact) mass is 383 g/mol. The largest absolute Gasteiger partial charge is 0.496 e. The van der Waals surface area contributed by atoms with Crippen molar-refractivity contribution in [1.29, 1.82) is 0 Å². The molecule has 0 bridgehead atoms. The number of hydrogen-bond acceptors (Lipinski definition) is 4. The molecule has 1 aliphatic carbocycles. The Morgan fingerprint density at radius 3 is 2.57 bits per heavy atom. The molecule has 28 heavy (non-hydrogen) atoms. The summed E-state index contributed by atoms with van der Waals surface area (Å²) in [6.07, 6.45) is 3.74. The molecular formula is C21H19F2N3O2. The minimum atomic E-state index is -0.846. The molecule has 4 rings (SSSR count). The van der Waals surface area contributed by atoms with E-state index in [9.17, 15) is 13.6 Å². The van der Waals surface area contributed by atoms with Gasteiger partial charge in [-0.05, 0) is 42.5 Å². The van der Waals surface area contributed by atoms with E-state index in [-0.39, 0.29) is 11.3 Å². The van der Waals surface area contributed by atoms with Crippen molar-refractivity contribution in [1.82, 2.24) is 14.8 Å². The van der Waals surface area contributed by atoms with Gasteiger partial charge in [-0.2, -0.15) is 5.10 Å². The van der Waals surface area contributed by atoms with Gasteiger partial charge in [0.05, 0.1) is 25.2 Å². The second kappa shape index (κ2) is 7.14. The number of benzene rings is 1. The number of pyridine rings is 1. The Hall–Kier alpha value is -3.09. The molecule has 1 saturated carbocycles. The van der Waals surface area contributed by atoms with E-state index in [0.29, 0.717) is 17.4 Å². The van der Waals surface area contributed by atoms with Crippen molar-refractivity contribution in [2.75, 3.05) is 7.11 Å². The van der Waals surface area contributed by atoms with E-state index in [1.807, 2.05) is 12.1 Å². The third kappa shape index (κ3) is 3.40. The standard InChI is InChI=1S/C21H19F2N3O2/c1-26-19(14-6-5-13(12-3-4-12)7-21(14)28-2)9-18(25-26)20(27)8-15-16(22)10-24-11-17(15)23/h5-7,9-12H,3-4,8H2,1-2H3. The maximum absolute atomic E-state index is 13.8. The molecule has 2 aromatic heterocycles. The van der Waals surface area contributed by atoms with Gasteiger partial charge in [0.25, 0.3) is 0 Å². The quantitative estimate of drug-likeness (QED) is 0.602. The van der Waals surface area contributed by atoms with Crippen LogP contribution in [-0.4, -0.2) is 27.7 Å². The summed E-state index contributed by atoms with van der Waals surface area (Å²) in [6, 6.07) is 7.66. The van der Waals surface area contributed by atoms with E-state index < -0.39 is 23.8 Å². The van der Waals surface area contributed by atoms with E-state index in [2.05, 4.69) is 16.1 Å². The van der Waals surface area contributed by atoms with Crippen molar-refractivity contribution in [2.24, 2.45) is 7.05 Å². The fourth-order valence-electron chi connectivity index (χ4n) is 3.30. The summed E-state index contributed by atoms with van der Waals surface area (Å²) < 4.78 is 34.7. The fourth-order valence-corrected chi connectivity index (χ4v) is 3.30. The Balaban J connectivity index is 1.64. The Kier molecular flexibility index (Phi) is 4.66. The molecule has 2 heterocycles. The van der Waals surface area contributed by atoms with E-state index in [1.54, 1.807) is 24.9 Å². The third-order valence-electron chi connectivity index (χ3n) is 5.01. The number of rotatable bonds is 6. The summed E-state index contributed by atoms with van der Waals surface area (Å²) in [4.78, 5) is 16.0. The Labute approximate surface area is 161 Å². The molecule has 0 aliphatic heterocycles. The normalized spacial score (nSPS) is 13.6. The SMILES string of the molecule is COc1cc(C2CC2)ccc1-c1cc(C(=O)Cc2c(F)cncc2F)nn1C. The van der Waals surface area contributed by atoms with Gasteiger partial charge in [-0.3, -0.25) is 14.5 Å². The number of halogens is 2. The van der Waals surface area contributed by atoms with Crippen LogP contribution in [0.15, 0.2) is 36.7 Å². The minimum absolute atomic E-state index is 0.140. The van der Waals surface area contributed by atoms with Crippen LogP contribution in [0.5, 0.6) is 5.75 Å². The van der Waals surface area contributed by atoms with Crippen LogP contribution in [0.1, 0.15) is 40.4 Å². The van der Waals surface area contributed by atoms with Crippen LogP contribution in [-0.2, 0) is 13.5 Å². The first-order valence-corrected chi connectivity index (χ1v) is 9.01. The van der Waals surface area contributed by atoms with Crippen molar-refractivity contribution in [3.8, 4) is 17.0 Å². The number of aromatic nitrogens is 3. The summed E-state index contributed by atoms with van der Waals surface area (Å²) in [5.74, 6) is -0.863. The van der Waals surface area contributed by atoms with Crippen LogP contribution in [0.3, 0.4) is 0 Å². The number of Topliss-reactive ketones (excluding diaryl/α,β-unsaturated/α-hetero) is 1. The van der Waals surface area contributed by atoms with Gasteiger partial charge < -0.3 is 4.74 Å². The number of carbonyl (C=O) groups excluding carboxylic acids is 1. The molecule has 3 aromatic rings. The second-order valence-corrected chi connectivity index (χ2v) is 6.95. The van der Waals surface area contributed by atoms with Crippen molar-refractivity contribution >= 4 is 5.78 Å². The van der Waals surface area contributed by atoms with E-state index in [1.165, 1.54) is 18.4 Å². The van der Waals surface area contributed by atoms with Crippen molar-refractivity contribution in [2.45, 2.75) is 25.2 Å². The zero-order valence-electron chi connectivity index (χ0n) is 15.6. The molecule has 0 atom stereocenters. The van der Waals surface area contributed by atoms with E-state index >= 15 is 0 Å². The molecule has 0 saturated heterocycles. The molecule has 144 valence electrons. The number of carbonyl (C=O) groups is 1. The molecular weight excluding hydrogens is 364 g/mol. The number of nitrogens with zero attached hydrogens (tertiary/aromatic N) is 3. The van der Waals surface area contributed by atoms with Crippen LogP contribution in [0.25, 0.3) is 11.3 Å². The predicted molar refractivity (Wildman–Crippen MR) is 99.4 cm³/mol. The average Bonchev–Trinajstić information content (AvgIpc) is 3.46. The van der Waals surface area contributed by atoms with Gasteiger partial charge in [0.2, 0.25) is 0 Å². The van der Waals surface area contributed by atoms with Gasteiger partial charge in [-0.25, -0.2) is 8.78 Å². The van der Waals surface area contributed by atoms with Gasteiger partial charge in [0, 0.05) is 24.6 Å². The highest BCUT2D eigenvalue weighted by atomic mass is 19.1. The van der Waals surface area contributed by atoms with Crippen molar-refractivity contribution in [3.63, 3.8) is 0 Å². The molecule has 1 fully saturated rings. The zero-order valence-corrected chi connectivity index (χ0v) is 15.6. The lowest BCUT2D eigenvalue weighted by atomic mass is 10.0. The Morgan fingerprint density at radius 2 is 1.93 bits per heavy atom. The topological polar surface area (TPSA) is 57.0 Å². The highest BCUT2D eigenvalue weighted by Gasteiger charge is 2.25. The fraction of sp³-hybridized carbons (Fsp3) is 0.286. The maximum Gasteiger partial charge on any atom is 0.187 e. The van der Waals surface area contributed by atoms with Crippen LogP contribution in [0.2, 0.25) is 0 Å². The summed E-state index contributed by atoms with van der Waals surface area (Å²) in [7, 11) is 3.32. The van der Waals surface area contributed by atoms with E-state index in [0.717, 1.165) is 18.0 Å². The van der Waals surface area contributed by atoms with Gasteiger partial charge in [-0.15, -0.1) is 0 Å². The van der Waals surface area contributed by atoms with Gasteiger partial charge >= 0.3 is 0 Å². The maximum atomic E-state index is 13.8. The van der Waals surface area contributed by atoms with Crippen molar-refractivity contribution in [3.05, 3.63) is 65.1 Å². The van der Waals surface area contributed by atoms with Crippen LogP contribution >= 0.6 is 0 Å². The second-order valence-electron chi connectivity index (χ2n) is 6.95. The summed E-state index contributed by atoms with van der Waals surface area (Å²) >= 11 is 0. The predicted octanol–water partition coefficient (Wildman–Crippen LogP) is 4.07. The average molecular weight is 383 g/mol. The molecule has 0 radical (unpaired) electrons. The van der Waals surface area contributed by atoms with Gasteiger partial charge in [0.15, 0.2) is 5.78 Å². The summed E-state index contributed by atoms with van der Waals surface area (Å²) in [5.41, 5.74) is 2.57. The number of hydrogen-bond donors (Lipinski definition) is 0. The smallest absolute Gasteiger partial charge is 0.187 e. The highest BCUT2D eigenvalue weighted by molar-refractivity contribution is 5.97. The summed E-state index contributed by atoms with van der Waals surface area (Å²) in [6.45, 7) is 0. The van der Waals surface area contributed by atoms with Crippen LogP contribution in [0.4, 0.5) is 8.78 Å². The van der Waals surface area contributed by atoms with Gasteiger partial charge in [-0.1, -0.05) is 6.07 Å². The Morgan fingerprint density at radius 1 is 1.21 bits per heavy atom. The lowest BCUT2D eigenvalue weighted by molar-refractivity contribution is 0.0985. The number of methoxy groups -OCH3 is 1. The molecule has 0 unspecified atom stereocenters. The third-order valence-corrected chi connectivity index (χ3v) is 5.01.